The van der Waals surface area contributed by atoms with Gasteiger partial charge in [0.1, 0.15) is 0 Å². The molecule has 10 heavy (non-hydrogen) atoms. The van der Waals surface area contributed by atoms with Crippen molar-refractivity contribution < 1.29 is 0 Å². The van der Waals surface area contributed by atoms with Crippen LogP contribution in [0.1, 0.15) is 5.56 Å². The van der Waals surface area contributed by atoms with Crippen LogP contribution < -0.4 is 0 Å². The average molecular weight is 154 g/mol. The summed E-state index contributed by atoms with van der Waals surface area (Å²) in [6.45, 7) is 1.89. The van der Waals surface area contributed by atoms with Crippen molar-refractivity contribution in [2.75, 3.05) is 0 Å². The Hall–Kier alpha value is -1.07. The molecule has 0 aliphatic heterocycles. The monoisotopic (exact) mass is 153 g/mol. The van der Waals surface area contributed by atoms with Gasteiger partial charge in [0.15, 0.2) is 4.98 Å². The van der Waals surface area contributed by atoms with Gasteiger partial charge in [-0.05, 0) is 18.6 Å². The van der Waals surface area contributed by atoms with Crippen molar-refractivity contribution >= 4 is 17.3 Å². The van der Waals surface area contributed by atoms with Gasteiger partial charge in [0.25, 0.3) is 0 Å². The Labute approximate surface area is 64.1 Å². The largest absolute Gasteiger partial charge is 0.386 e. The Balaban J connectivity index is 3.20. The summed E-state index contributed by atoms with van der Waals surface area (Å²) in [5.74, 6) is 0. The number of diazo groups is 1. The van der Waals surface area contributed by atoms with Crippen LogP contribution in [0.25, 0.3) is 4.98 Å². The van der Waals surface area contributed by atoms with Crippen molar-refractivity contribution in [3.8, 4) is 0 Å². The van der Waals surface area contributed by atoms with Gasteiger partial charge >= 0.3 is 5.69 Å². The van der Waals surface area contributed by atoms with E-state index in [2.05, 4.69) is 4.98 Å². The third-order valence-corrected chi connectivity index (χ3v) is 1.68. The number of rotatable bonds is 0. The first kappa shape index (κ1) is 7.04. The van der Waals surface area contributed by atoms with E-state index >= 15 is 0 Å². The van der Waals surface area contributed by atoms with E-state index in [1.165, 1.54) is 0 Å². The molecule has 0 aromatic heterocycles. The summed E-state index contributed by atoms with van der Waals surface area (Å²) in [4.78, 5) is 2.99. The molecule has 0 N–H and O–H groups in total. The van der Waals surface area contributed by atoms with Gasteiger partial charge in [0.05, 0.1) is 11.1 Å². The van der Waals surface area contributed by atoms with Gasteiger partial charge in [-0.15, -0.1) is 0 Å². The fraction of sp³-hybridized carbons (Fsp3) is 0.143. The molecule has 50 valence electrons. The van der Waals surface area contributed by atoms with Crippen LogP contribution in [0.15, 0.2) is 18.2 Å². The molecule has 3 heteroatoms. The Bertz CT molecular complexity index is 288. The molecule has 0 heterocycles. The molecule has 0 spiro atoms. The Kier molecular flexibility index (Phi) is 1.88. The summed E-state index contributed by atoms with van der Waals surface area (Å²) in [5.41, 5.74) is 1.46. The first-order valence-corrected chi connectivity index (χ1v) is 3.23. The van der Waals surface area contributed by atoms with Crippen molar-refractivity contribution in [3.63, 3.8) is 0 Å². The first-order chi connectivity index (χ1) is 4.74. The second-order valence-corrected chi connectivity index (χ2v) is 2.44. The molecule has 0 unspecified atom stereocenters. The van der Waals surface area contributed by atoms with Crippen molar-refractivity contribution in [1.29, 1.82) is 5.39 Å². The molecule has 0 radical (unpaired) electrons. The van der Waals surface area contributed by atoms with E-state index < -0.39 is 0 Å². The summed E-state index contributed by atoms with van der Waals surface area (Å²) in [6, 6.07) is 5.11. The molecule has 0 aliphatic rings. The van der Waals surface area contributed by atoms with Gasteiger partial charge < -0.3 is 0 Å². The van der Waals surface area contributed by atoms with Crippen LogP contribution in [-0.4, -0.2) is 0 Å². The number of hydrogen-bond acceptors (Lipinski definition) is 1. The van der Waals surface area contributed by atoms with Crippen LogP contribution in [-0.2, 0) is 0 Å². The third-order valence-electron chi connectivity index (χ3n) is 1.27. The quantitative estimate of drug-likeness (QED) is 0.527. The van der Waals surface area contributed by atoms with Crippen molar-refractivity contribution in [3.05, 3.63) is 33.8 Å². The maximum Gasteiger partial charge on any atom is 0.386 e. The van der Waals surface area contributed by atoms with E-state index in [9.17, 15) is 0 Å². The fourth-order valence-electron chi connectivity index (χ4n) is 0.644. The summed E-state index contributed by atoms with van der Waals surface area (Å²) in [7, 11) is 0. The zero-order valence-electron chi connectivity index (χ0n) is 5.50. The Morgan fingerprint density at radius 3 is 2.70 bits per heavy atom. The fourth-order valence-corrected chi connectivity index (χ4v) is 0.819. The lowest BCUT2D eigenvalue weighted by Crippen LogP contribution is -1.71. The summed E-state index contributed by atoms with van der Waals surface area (Å²) >= 11 is 5.72. The van der Waals surface area contributed by atoms with Crippen LogP contribution in [0, 0.1) is 12.3 Å². The predicted octanol–water partition coefficient (Wildman–Crippen LogP) is 3.13. The second kappa shape index (κ2) is 2.68. The number of benzene rings is 1. The molecule has 0 atom stereocenters. The minimum atomic E-state index is 0.482. The van der Waals surface area contributed by atoms with Gasteiger partial charge in [-0.1, -0.05) is 11.6 Å². The van der Waals surface area contributed by atoms with E-state index in [4.69, 9.17) is 17.0 Å². The van der Waals surface area contributed by atoms with Crippen LogP contribution in [0.5, 0.6) is 0 Å². The van der Waals surface area contributed by atoms with Crippen molar-refractivity contribution in [2.45, 2.75) is 6.92 Å². The molecule has 0 fully saturated rings. The molecule has 0 saturated heterocycles. The van der Waals surface area contributed by atoms with Crippen LogP contribution in [0.2, 0.25) is 5.02 Å². The average Bonchev–Trinajstić information content (AvgIpc) is 1.95. The van der Waals surface area contributed by atoms with E-state index in [0.717, 1.165) is 5.56 Å². The molecule has 1 rings (SSSR count). The molecule has 0 aliphatic carbocycles. The standard InChI is InChI=1S/C7H6ClN2/c1-5-2-3-6(10-9)4-7(5)8/h2-4H,1H3/q+1. The Morgan fingerprint density at radius 2 is 2.20 bits per heavy atom. The van der Waals surface area contributed by atoms with Crippen molar-refractivity contribution in [1.82, 2.24) is 0 Å². The molecule has 2 nitrogen and oxygen atoms in total. The summed E-state index contributed by atoms with van der Waals surface area (Å²) < 4.78 is 0. The summed E-state index contributed by atoms with van der Waals surface area (Å²) in [6.07, 6.45) is 0. The van der Waals surface area contributed by atoms with Gasteiger partial charge in [0.2, 0.25) is 5.39 Å². The number of nitrogens with zero attached hydrogens (tertiary/aromatic N) is 2. The number of hydrogen-bond donors (Lipinski definition) is 0. The minimum absolute atomic E-state index is 0.482. The predicted molar refractivity (Wildman–Crippen MR) is 40.9 cm³/mol. The highest BCUT2D eigenvalue weighted by Gasteiger charge is 2.04. The van der Waals surface area contributed by atoms with E-state index in [1.807, 2.05) is 6.92 Å². The smallest absolute Gasteiger partial charge is 0.0837 e. The number of aryl methyl sites for hydroxylation is 1. The van der Waals surface area contributed by atoms with Gasteiger partial charge in [0, 0.05) is 6.07 Å². The SMILES string of the molecule is Cc1ccc([N+]#N)cc1Cl. The minimum Gasteiger partial charge on any atom is -0.0837 e. The molecule has 0 saturated carbocycles. The lowest BCUT2D eigenvalue weighted by atomic mass is 10.2. The molecule has 0 bridgehead atoms. The van der Waals surface area contributed by atoms with Gasteiger partial charge in [-0.2, -0.15) is 0 Å². The van der Waals surface area contributed by atoms with Crippen molar-refractivity contribution in [2.24, 2.45) is 0 Å². The normalized spacial score (nSPS) is 8.90. The maximum absolute atomic E-state index is 8.32. The third kappa shape index (κ3) is 1.26. The number of halogens is 1. The molecule has 0 amide bonds. The second-order valence-electron chi connectivity index (χ2n) is 2.03. The lowest BCUT2D eigenvalue weighted by molar-refractivity contribution is 1.43. The highest BCUT2D eigenvalue weighted by molar-refractivity contribution is 6.31. The van der Waals surface area contributed by atoms with Gasteiger partial charge in [-0.3, -0.25) is 0 Å². The Morgan fingerprint density at radius 1 is 1.50 bits per heavy atom. The molecule has 1 aromatic carbocycles. The van der Waals surface area contributed by atoms with Gasteiger partial charge in [-0.25, -0.2) is 0 Å². The molecular formula is C7H6ClN2+. The van der Waals surface area contributed by atoms with E-state index in [-0.39, 0.29) is 0 Å². The van der Waals surface area contributed by atoms with Crippen LogP contribution >= 0.6 is 11.6 Å². The molecule has 1 aromatic rings. The first-order valence-electron chi connectivity index (χ1n) is 2.85. The zero-order valence-corrected chi connectivity index (χ0v) is 6.26. The van der Waals surface area contributed by atoms with E-state index in [0.29, 0.717) is 10.7 Å². The summed E-state index contributed by atoms with van der Waals surface area (Å²) in [5, 5.41) is 8.94. The highest BCUT2D eigenvalue weighted by Crippen LogP contribution is 2.21. The lowest BCUT2D eigenvalue weighted by Gasteiger charge is -1.89. The zero-order chi connectivity index (χ0) is 7.56. The van der Waals surface area contributed by atoms with E-state index in [1.54, 1.807) is 18.2 Å². The van der Waals surface area contributed by atoms with Crippen LogP contribution in [0.3, 0.4) is 0 Å². The molecular weight excluding hydrogens is 148 g/mol. The maximum atomic E-state index is 8.32. The van der Waals surface area contributed by atoms with Crippen LogP contribution in [0.4, 0.5) is 5.69 Å². The highest BCUT2D eigenvalue weighted by atomic mass is 35.5. The topological polar surface area (TPSA) is 28.1 Å².